The molecule has 1 saturated heterocycles. The van der Waals surface area contributed by atoms with E-state index >= 15 is 0 Å². The highest BCUT2D eigenvalue weighted by Crippen LogP contribution is 2.21. The lowest BCUT2D eigenvalue weighted by Gasteiger charge is -2.22. The van der Waals surface area contributed by atoms with Crippen LogP contribution in [-0.4, -0.2) is 73.7 Å². The first kappa shape index (κ1) is 18.6. The summed E-state index contributed by atoms with van der Waals surface area (Å²) in [6.45, 7) is 2.01. The second kappa shape index (κ2) is 7.46. The van der Waals surface area contributed by atoms with E-state index in [-0.39, 0.29) is 5.03 Å². The van der Waals surface area contributed by atoms with Crippen LogP contribution in [-0.2, 0) is 10.0 Å². The highest BCUT2D eigenvalue weighted by Gasteiger charge is 2.28. The molecule has 5 heterocycles. The Morgan fingerprint density at radius 3 is 2.70 bits per heavy atom. The van der Waals surface area contributed by atoms with E-state index in [9.17, 15) is 8.42 Å². The van der Waals surface area contributed by atoms with Gasteiger partial charge in [0.1, 0.15) is 5.82 Å². The standard InChI is InChI=1S/C18H19N9O2S/c28-30(29,17-12-20-13-21-17)26-8-2-7-25(9-10-26)16-5-4-15-22-23-18(27(15)24-16)14-3-1-6-19-11-14/h1,3-6,11-13H,2,7-10H2,(H,20,21). The summed E-state index contributed by atoms with van der Waals surface area (Å²) in [5.41, 5.74) is 1.46. The van der Waals surface area contributed by atoms with Crippen LogP contribution < -0.4 is 4.90 Å². The van der Waals surface area contributed by atoms with Crippen LogP contribution in [0.25, 0.3) is 17.0 Å². The van der Waals surface area contributed by atoms with Crippen LogP contribution in [0.1, 0.15) is 6.42 Å². The first-order valence-corrected chi connectivity index (χ1v) is 10.9. The summed E-state index contributed by atoms with van der Waals surface area (Å²) < 4.78 is 28.7. The average molecular weight is 425 g/mol. The molecular weight excluding hydrogens is 406 g/mol. The van der Waals surface area contributed by atoms with Gasteiger partial charge in [0, 0.05) is 44.1 Å². The number of rotatable bonds is 4. The summed E-state index contributed by atoms with van der Waals surface area (Å²) in [5, 5.41) is 13.2. The van der Waals surface area contributed by atoms with Crippen LogP contribution in [0.3, 0.4) is 0 Å². The van der Waals surface area contributed by atoms with Crippen LogP contribution in [0.5, 0.6) is 0 Å². The molecule has 12 heteroatoms. The van der Waals surface area contributed by atoms with Crippen molar-refractivity contribution >= 4 is 21.5 Å². The fraction of sp³-hybridized carbons (Fsp3) is 0.278. The van der Waals surface area contributed by atoms with Gasteiger partial charge in [-0.2, -0.15) is 8.82 Å². The van der Waals surface area contributed by atoms with Gasteiger partial charge in [-0.1, -0.05) is 0 Å². The normalized spacial score (nSPS) is 16.1. The summed E-state index contributed by atoms with van der Waals surface area (Å²) in [5.74, 6) is 1.35. The number of H-pyrrole nitrogens is 1. The predicted molar refractivity (Wildman–Crippen MR) is 108 cm³/mol. The van der Waals surface area contributed by atoms with E-state index < -0.39 is 10.0 Å². The molecular formula is C18H19N9O2S. The second-order valence-electron chi connectivity index (χ2n) is 6.89. The molecule has 0 bridgehead atoms. The molecule has 0 radical (unpaired) electrons. The van der Waals surface area contributed by atoms with Crippen molar-refractivity contribution in [3.63, 3.8) is 0 Å². The van der Waals surface area contributed by atoms with Crippen molar-refractivity contribution < 1.29 is 8.42 Å². The molecule has 0 spiro atoms. The lowest BCUT2D eigenvalue weighted by Crippen LogP contribution is -2.35. The molecule has 1 N–H and O–H groups in total. The number of hydrogen-bond donors (Lipinski definition) is 1. The molecule has 1 aliphatic rings. The van der Waals surface area contributed by atoms with Crippen LogP contribution in [0.15, 0.2) is 54.2 Å². The Hall–Kier alpha value is -3.38. The van der Waals surface area contributed by atoms with Crippen molar-refractivity contribution in [3.05, 3.63) is 49.2 Å². The molecule has 0 unspecified atom stereocenters. The lowest BCUT2D eigenvalue weighted by atomic mass is 10.3. The first-order valence-electron chi connectivity index (χ1n) is 9.49. The van der Waals surface area contributed by atoms with Gasteiger partial charge in [0.25, 0.3) is 10.0 Å². The minimum absolute atomic E-state index is 0.112. The zero-order valence-corrected chi connectivity index (χ0v) is 16.8. The van der Waals surface area contributed by atoms with Crippen molar-refractivity contribution in [1.82, 2.24) is 39.1 Å². The third kappa shape index (κ3) is 3.29. The summed E-state index contributed by atoms with van der Waals surface area (Å²) in [7, 11) is -3.58. The van der Waals surface area contributed by atoms with Gasteiger partial charge in [0.05, 0.1) is 12.5 Å². The zero-order valence-electron chi connectivity index (χ0n) is 16.0. The average Bonchev–Trinajstić information content (AvgIpc) is 3.39. The van der Waals surface area contributed by atoms with Crippen LogP contribution in [0, 0.1) is 0 Å². The van der Waals surface area contributed by atoms with Gasteiger partial charge in [0.15, 0.2) is 16.5 Å². The number of anilines is 1. The SMILES string of the molecule is O=S(=O)(c1cnc[nH]1)N1CCCN(c2ccc3nnc(-c4cccnc4)n3n2)CC1. The van der Waals surface area contributed by atoms with Crippen molar-refractivity contribution in [3.8, 4) is 11.4 Å². The third-order valence-corrected chi connectivity index (χ3v) is 6.86. The fourth-order valence-corrected chi connectivity index (χ4v) is 4.87. The lowest BCUT2D eigenvalue weighted by molar-refractivity contribution is 0.431. The first-order chi connectivity index (χ1) is 14.6. The Labute approximate surface area is 172 Å². The van der Waals surface area contributed by atoms with Gasteiger partial charge >= 0.3 is 0 Å². The van der Waals surface area contributed by atoms with E-state index in [1.54, 1.807) is 16.9 Å². The molecule has 1 fully saturated rings. The minimum Gasteiger partial charge on any atom is -0.354 e. The van der Waals surface area contributed by atoms with Crippen molar-refractivity contribution in [2.24, 2.45) is 0 Å². The zero-order chi connectivity index (χ0) is 20.6. The summed E-state index contributed by atoms with van der Waals surface area (Å²) in [4.78, 5) is 12.7. The van der Waals surface area contributed by atoms with Crippen molar-refractivity contribution in [1.29, 1.82) is 0 Å². The van der Waals surface area contributed by atoms with Gasteiger partial charge < -0.3 is 9.88 Å². The minimum atomic E-state index is -3.58. The Morgan fingerprint density at radius 1 is 0.967 bits per heavy atom. The molecule has 4 aromatic heterocycles. The smallest absolute Gasteiger partial charge is 0.260 e. The number of nitrogens with zero attached hydrogens (tertiary/aromatic N) is 8. The number of aromatic nitrogens is 7. The van der Waals surface area contributed by atoms with E-state index in [4.69, 9.17) is 5.10 Å². The second-order valence-corrected chi connectivity index (χ2v) is 8.79. The van der Waals surface area contributed by atoms with Gasteiger partial charge in [-0.15, -0.1) is 15.3 Å². The predicted octanol–water partition coefficient (Wildman–Crippen LogP) is 0.810. The highest BCUT2D eigenvalue weighted by atomic mass is 32.2. The number of sulfonamides is 1. The maximum Gasteiger partial charge on any atom is 0.260 e. The monoisotopic (exact) mass is 425 g/mol. The molecule has 5 rings (SSSR count). The molecule has 0 aliphatic carbocycles. The molecule has 154 valence electrons. The summed E-state index contributed by atoms with van der Waals surface area (Å²) in [6.07, 6.45) is 6.81. The Balaban J connectivity index is 1.41. The van der Waals surface area contributed by atoms with Crippen LogP contribution in [0.2, 0.25) is 0 Å². The molecule has 1 aliphatic heterocycles. The number of fused-ring (bicyclic) bond motifs is 1. The number of aromatic amines is 1. The van der Waals surface area contributed by atoms with Gasteiger partial charge in [-0.3, -0.25) is 4.98 Å². The largest absolute Gasteiger partial charge is 0.354 e. The number of imidazole rings is 1. The Morgan fingerprint density at radius 2 is 1.90 bits per heavy atom. The van der Waals surface area contributed by atoms with E-state index in [2.05, 4.69) is 30.0 Å². The maximum absolute atomic E-state index is 12.8. The quantitative estimate of drug-likeness (QED) is 0.509. The Kier molecular flexibility index (Phi) is 4.64. The topological polar surface area (TPSA) is 125 Å². The highest BCUT2D eigenvalue weighted by molar-refractivity contribution is 7.89. The molecule has 4 aromatic rings. The number of nitrogens with one attached hydrogen (secondary N) is 1. The molecule has 11 nitrogen and oxygen atoms in total. The van der Waals surface area contributed by atoms with Crippen molar-refractivity contribution in [2.45, 2.75) is 11.4 Å². The molecule has 0 saturated carbocycles. The summed E-state index contributed by atoms with van der Waals surface area (Å²) >= 11 is 0. The number of pyridine rings is 1. The van der Waals surface area contributed by atoms with Gasteiger partial charge in [-0.05, 0) is 30.7 Å². The van der Waals surface area contributed by atoms with E-state index in [0.29, 0.717) is 44.1 Å². The summed E-state index contributed by atoms with van der Waals surface area (Å²) in [6, 6.07) is 7.49. The van der Waals surface area contributed by atoms with Gasteiger partial charge in [0.2, 0.25) is 0 Å². The van der Waals surface area contributed by atoms with Crippen molar-refractivity contribution in [2.75, 3.05) is 31.1 Å². The number of hydrogen-bond acceptors (Lipinski definition) is 8. The molecule has 0 aromatic carbocycles. The molecule has 30 heavy (non-hydrogen) atoms. The molecule has 0 amide bonds. The van der Waals surface area contributed by atoms with Crippen LogP contribution >= 0.6 is 0 Å². The fourth-order valence-electron chi connectivity index (χ4n) is 3.51. The van der Waals surface area contributed by atoms with E-state index in [0.717, 1.165) is 11.4 Å². The van der Waals surface area contributed by atoms with Gasteiger partial charge in [-0.25, -0.2) is 13.4 Å². The third-order valence-electron chi connectivity index (χ3n) is 5.04. The maximum atomic E-state index is 12.8. The Bertz CT molecular complexity index is 1260. The van der Waals surface area contributed by atoms with Crippen LogP contribution in [0.4, 0.5) is 5.82 Å². The van der Waals surface area contributed by atoms with E-state index in [1.807, 2.05) is 24.3 Å². The van der Waals surface area contributed by atoms with E-state index in [1.165, 1.54) is 16.8 Å². The molecule has 0 atom stereocenters.